The Labute approximate surface area is 392 Å². The highest BCUT2D eigenvalue weighted by molar-refractivity contribution is 6.20. The lowest BCUT2D eigenvalue weighted by Gasteiger charge is -2.16. The summed E-state index contributed by atoms with van der Waals surface area (Å²) < 4.78 is 9.15. The van der Waals surface area contributed by atoms with Crippen LogP contribution in [0.5, 0.6) is 0 Å². The third-order valence-electron chi connectivity index (χ3n) is 12.9. The van der Waals surface area contributed by atoms with Crippen LogP contribution in [0.2, 0.25) is 0 Å². The number of benzene rings is 9. The van der Waals surface area contributed by atoms with Crippen molar-refractivity contribution in [2.75, 3.05) is 0 Å². The topological polar surface area (TPSA) is 69.6 Å². The summed E-state index contributed by atoms with van der Waals surface area (Å²) in [6, 6.07) is 80.1. The number of rotatable bonds is 8. The molecule has 13 rings (SSSR count). The Hall–Kier alpha value is -9.26. The SMILES string of the molecule is c1ccc(-c2nc(-c3ccccc3)nc(-c3cc(-c4ccc(-c5ccccc5)c(-c5ccccc5)c4)cnc3-c3cccc4oc5cc6c7ccccc7n(-c7ccccc7)c6cc5c34)n2)cc1. The number of furan rings is 1. The van der Waals surface area contributed by atoms with E-state index in [1.54, 1.807) is 0 Å². The lowest BCUT2D eigenvalue weighted by atomic mass is 9.90. The van der Waals surface area contributed by atoms with Crippen molar-refractivity contribution in [1.82, 2.24) is 24.5 Å². The number of para-hydroxylation sites is 2. The Morgan fingerprint density at radius 1 is 0.324 bits per heavy atom. The Bertz CT molecular complexity index is 3940. The summed E-state index contributed by atoms with van der Waals surface area (Å²) in [5.74, 6) is 1.67. The second-order valence-corrected chi connectivity index (χ2v) is 17.0. The molecule has 0 aliphatic heterocycles. The number of nitrogens with zero attached hydrogens (tertiary/aromatic N) is 5. The van der Waals surface area contributed by atoms with Crippen molar-refractivity contribution in [1.29, 1.82) is 0 Å². The van der Waals surface area contributed by atoms with Gasteiger partial charge in [0.15, 0.2) is 17.5 Å². The molecule has 9 aromatic carbocycles. The quantitative estimate of drug-likeness (QED) is 0.152. The van der Waals surface area contributed by atoms with E-state index in [-0.39, 0.29) is 0 Å². The summed E-state index contributed by atoms with van der Waals surface area (Å²) >= 11 is 0. The summed E-state index contributed by atoms with van der Waals surface area (Å²) in [7, 11) is 0. The van der Waals surface area contributed by atoms with E-state index in [2.05, 4.69) is 162 Å². The molecule has 0 unspecified atom stereocenters. The van der Waals surface area contributed by atoms with Gasteiger partial charge in [-0.1, -0.05) is 182 Å². The van der Waals surface area contributed by atoms with Gasteiger partial charge in [-0.25, -0.2) is 15.0 Å². The first-order chi connectivity index (χ1) is 33.7. The molecule has 68 heavy (non-hydrogen) atoms. The van der Waals surface area contributed by atoms with E-state index in [0.717, 1.165) is 105 Å². The van der Waals surface area contributed by atoms with Gasteiger partial charge in [0.25, 0.3) is 0 Å². The molecule has 0 N–H and O–H groups in total. The number of hydrogen-bond donors (Lipinski definition) is 0. The smallest absolute Gasteiger partial charge is 0.166 e. The van der Waals surface area contributed by atoms with Crippen LogP contribution in [0, 0.1) is 0 Å². The fourth-order valence-corrected chi connectivity index (χ4v) is 9.73. The van der Waals surface area contributed by atoms with Gasteiger partial charge < -0.3 is 8.98 Å². The minimum Gasteiger partial charge on any atom is -0.456 e. The van der Waals surface area contributed by atoms with Crippen LogP contribution in [0.25, 0.3) is 128 Å². The summed E-state index contributed by atoms with van der Waals surface area (Å²) in [6.07, 6.45) is 1.98. The highest BCUT2D eigenvalue weighted by Crippen LogP contribution is 2.44. The first kappa shape index (κ1) is 39.1. The number of hydrogen-bond acceptors (Lipinski definition) is 5. The molecule has 6 nitrogen and oxygen atoms in total. The van der Waals surface area contributed by atoms with Gasteiger partial charge >= 0.3 is 0 Å². The second kappa shape index (κ2) is 16.3. The second-order valence-electron chi connectivity index (χ2n) is 17.0. The molecule has 4 aromatic heterocycles. The van der Waals surface area contributed by atoms with E-state index in [1.165, 1.54) is 5.39 Å². The molecular formula is C62H39N5O. The Morgan fingerprint density at radius 2 is 0.897 bits per heavy atom. The van der Waals surface area contributed by atoms with Crippen molar-refractivity contribution >= 4 is 43.7 Å². The molecule has 4 heterocycles. The molecule has 0 spiro atoms. The number of pyridine rings is 1. The summed E-state index contributed by atoms with van der Waals surface area (Å²) in [6.45, 7) is 0. The molecule has 0 bridgehead atoms. The Balaban J connectivity index is 1.08. The van der Waals surface area contributed by atoms with Gasteiger partial charge in [-0.3, -0.25) is 4.98 Å². The van der Waals surface area contributed by atoms with Crippen LogP contribution in [-0.4, -0.2) is 24.5 Å². The molecule has 13 aromatic rings. The maximum absolute atomic E-state index is 6.80. The Kier molecular flexibility index (Phi) is 9.39. The normalized spacial score (nSPS) is 11.5. The predicted molar refractivity (Wildman–Crippen MR) is 277 cm³/mol. The third-order valence-corrected chi connectivity index (χ3v) is 12.9. The minimum atomic E-state index is 0.516. The molecule has 318 valence electrons. The van der Waals surface area contributed by atoms with Crippen LogP contribution in [0.1, 0.15) is 0 Å². The van der Waals surface area contributed by atoms with Crippen molar-refractivity contribution in [2.24, 2.45) is 0 Å². The lowest BCUT2D eigenvalue weighted by molar-refractivity contribution is 0.669. The Morgan fingerprint density at radius 3 is 1.57 bits per heavy atom. The van der Waals surface area contributed by atoms with Crippen LogP contribution in [0.15, 0.2) is 241 Å². The van der Waals surface area contributed by atoms with E-state index in [0.29, 0.717) is 17.5 Å². The first-order valence-corrected chi connectivity index (χ1v) is 22.8. The maximum atomic E-state index is 6.80. The van der Waals surface area contributed by atoms with Crippen molar-refractivity contribution < 1.29 is 4.42 Å². The van der Waals surface area contributed by atoms with Gasteiger partial charge in [0, 0.05) is 61.2 Å². The molecule has 0 radical (unpaired) electrons. The highest BCUT2D eigenvalue weighted by Gasteiger charge is 2.23. The number of fused-ring (bicyclic) bond motifs is 6. The summed E-state index contributed by atoms with van der Waals surface area (Å²) in [5.41, 5.74) is 15.6. The van der Waals surface area contributed by atoms with Crippen LogP contribution >= 0.6 is 0 Å². The molecule has 0 aliphatic carbocycles. The zero-order valence-electron chi connectivity index (χ0n) is 36.7. The van der Waals surface area contributed by atoms with E-state index in [4.69, 9.17) is 24.4 Å². The zero-order chi connectivity index (χ0) is 45.0. The lowest BCUT2D eigenvalue weighted by Crippen LogP contribution is -2.02. The average Bonchev–Trinajstić information content (AvgIpc) is 3.95. The fraction of sp³-hybridized carbons (Fsp3) is 0. The van der Waals surface area contributed by atoms with E-state index in [1.807, 2.05) is 79.0 Å². The molecule has 6 heteroatoms. The van der Waals surface area contributed by atoms with Crippen molar-refractivity contribution in [3.63, 3.8) is 0 Å². The molecule has 0 fully saturated rings. The minimum absolute atomic E-state index is 0.516. The van der Waals surface area contributed by atoms with Gasteiger partial charge in [0.2, 0.25) is 0 Å². The predicted octanol–water partition coefficient (Wildman–Crippen LogP) is 15.9. The summed E-state index contributed by atoms with van der Waals surface area (Å²) in [5, 5.41) is 4.25. The van der Waals surface area contributed by atoms with Gasteiger partial charge in [0.1, 0.15) is 11.2 Å². The van der Waals surface area contributed by atoms with Crippen molar-refractivity contribution in [3.8, 4) is 84.5 Å². The van der Waals surface area contributed by atoms with Crippen LogP contribution < -0.4 is 0 Å². The molecule has 0 atom stereocenters. The van der Waals surface area contributed by atoms with Crippen LogP contribution in [0.3, 0.4) is 0 Å². The fourth-order valence-electron chi connectivity index (χ4n) is 9.73. The van der Waals surface area contributed by atoms with Crippen molar-refractivity contribution in [2.45, 2.75) is 0 Å². The molecule has 0 saturated carbocycles. The third kappa shape index (κ3) is 6.74. The molecule has 0 aliphatic rings. The standard InChI is InChI=1S/C62H39N5O/c1-6-19-40(20-7-1)47-34-33-44(35-50(47)41-21-8-2-9-22-41)45-36-53(62-65-60(42-23-10-3-11-24-42)64-61(66-62)43-25-12-4-13-26-43)59(63-39-45)49-30-18-32-56-58(49)52-37-55-51(38-57(52)68-56)48-29-16-17-31-54(48)67(55)46-27-14-5-15-28-46/h1-39H. The van der Waals surface area contributed by atoms with Gasteiger partial charge in [-0.2, -0.15) is 0 Å². The van der Waals surface area contributed by atoms with Crippen molar-refractivity contribution in [3.05, 3.63) is 237 Å². The van der Waals surface area contributed by atoms with Crippen LogP contribution in [0.4, 0.5) is 0 Å². The zero-order valence-corrected chi connectivity index (χ0v) is 36.7. The highest BCUT2D eigenvalue weighted by atomic mass is 16.3. The van der Waals surface area contributed by atoms with Crippen LogP contribution in [-0.2, 0) is 0 Å². The van der Waals surface area contributed by atoms with Gasteiger partial charge in [-0.15, -0.1) is 0 Å². The van der Waals surface area contributed by atoms with Gasteiger partial charge in [-0.05, 0) is 76.3 Å². The molecular weight excluding hydrogens is 831 g/mol. The average molecular weight is 870 g/mol. The van der Waals surface area contributed by atoms with E-state index in [9.17, 15) is 0 Å². The molecule has 0 amide bonds. The van der Waals surface area contributed by atoms with Gasteiger partial charge in [0.05, 0.1) is 16.7 Å². The molecule has 0 saturated heterocycles. The maximum Gasteiger partial charge on any atom is 0.166 e. The number of aromatic nitrogens is 5. The largest absolute Gasteiger partial charge is 0.456 e. The van der Waals surface area contributed by atoms with E-state index < -0.39 is 0 Å². The van der Waals surface area contributed by atoms with E-state index >= 15 is 0 Å². The summed E-state index contributed by atoms with van der Waals surface area (Å²) in [4.78, 5) is 21.1. The first-order valence-electron chi connectivity index (χ1n) is 22.8. The monoisotopic (exact) mass is 869 g/mol.